The topological polar surface area (TPSA) is 29.9 Å². The summed E-state index contributed by atoms with van der Waals surface area (Å²) < 4.78 is 3.94. The minimum Gasteiger partial charge on any atom is -0.305 e. The van der Waals surface area contributed by atoms with Crippen molar-refractivity contribution in [2.75, 3.05) is 6.54 Å². The van der Waals surface area contributed by atoms with Gasteiger partial charge in [0.15, 0.2) is 0 Å². The second-order valence-electron chi connectivity index (χ2n) is 5.08. The number of nitrogens with one attached hydrogen (secondary N) is 1. The number of nitrogens with zero attached hydrogens (tertiary/aromatic N) is 2. The van der Waals surface area contributed by atoms with Gasteiger partial charge in [0.05, 0.1) is 27.4 Å². The molecular weight excluding hydrogens is 417 g/mol. The van der Waals surface area contributed by atoms with Gasteiger partial charge in [0.2, 0.25) is 0 Å². The van der Waals surface area contributed by atoms with Crippen LogP contribution in [0.5, 0.6) is 0 Å². The fraction of sp³-hybridized carbons (Fsp3) is 0.400. The monoisotopic (exact) mass is 433 g/mol. The van der Waals surface area contributed by atoms with Gasteiger partial charge >= 0.3 is 0 Å². The van der Waals surface area contributed by atoms with Crippen LogP contribution in [0, 0.1) is 0 Å². The van der Waals surface area contributed by atoms with Crippen molar-refractivity contribution in [1.29, 1.82) is 0 Å². The lowest BCUT2D eigenvalue weighted by atomic mass is 10.0. The molecule has 3 nitrogen and oxygen atoms in total. The summed E-state index contributed by atoms with van der Waals surface area (Å²) in [6, 6.07) is 6.38. The standard InChI is InChI=1S/C15H18Br2ClN3/c1-4-19-14(10-5-6-11(16)13(18)7-10)15-12(17)8-20-21(15)9(2)3/h5-9,14,19H,4H2,1-3H3. The minimum absolute atomic E-state index is 0.0416. The first kappa shape index (κ1) is 17.0. The van der Waals surface area contributed by atoms with Crippen LogP contribution in [0.3, 0.4) is 0 Å². The summed E-state index contributed by atoms with van der Waals surface area (Å²) in [7, 11) is 0. The molecule has 6 heteroatoms. The lowest BCUT2D eigenvalue weighted by molar-refractivity contribution is 0.475. The Morgan fingerprint density at radius 1 is 1.29 bits per heavy atom. The number of hydrogen-bond acceptors (Lipinski definition) is 2. The number of halogens is 3. The average molecular weight is 436 g/mol. The molecule has 0 saturated carbocycles. The maximum Gasteiger partial charge on any atom is 0.0760 e. The molecule has 0 bridgehead atoms. The van der Waals surface area contributed by atoms with Crippen LogP contribution in [-0.2, 0) is 0 Å². The number of aromatic nitrogens is 2. The summed E-state index contributed by atoms with van der Waals surface area (Å²) in [6.07, 6.45) is 1.85. The van der Waals surface area contributed by atoms with E-state index in [2.05, 4.69) is 69.1 Å². The molecule has 0 amide bonds. The van der Waals surface area contributed by atoms with E-state index in [0.717, 1.165) is 26.7 Å². The van der Waals surface area contributed by atoms with Crippen molar-refractivity contribution in [2.24, 2.45) is 0 Å². The molecule has 1 heterocycles. The Labute approximate surface area is 147 Å². The van der Waals surface area contributed by atoms with E-state index in [1.54, 1.807) is 0 Å². The van der Waals surface area contributed by atoms with E-state index < -0.39 is 0 Å². The number of benzene rings is 1. The Kier molecular flexibility index (Phi) is 5.88. The zero-order chi connectivity index (χ0) is 15.6. The zero-order valence-electron chi connectivity index (χ0n) is 12.2. The van der Waals surface area contributed by atoms with Gasteiger partial charge in [-0.1, -0.05) is 24.6 Å². The molecule has 21 heavy (non-hydrogen) atoms. The molecule has 2 aromatic rings. The highest BCUT2D eigenvalue weighted by Gasteiger charge is 2.23. The lowest BCUT2D eigenvalue weighted by Crippen LogP contribution is -2.26. The van der Waals surface area contributed by atoms with Gasteiger partial charge in [0.1, 0.15) is 0 Å². The molecule has 1 unspecified atom stereocenters. The van der Waals surface area contributed by atoms with Crippen LogP contribution in [-0.4, -0.2) is 16.3 Å². The number of rotatable bonds is 5. The van der Waals surface area contributed by atoms with Gasteiger partial charge in [0, 0.05) is 10.5 Å². The van der Waals surface area contributed by atoms with Crippen LogP contribution < -0.4 is 5.32 Å². The van der Waals surface area contributed by atoms with Crippen LogP contribution in [0.15, 0.2) is 33.3 Å². The first-order valence-electron chi connectivity index (χ1n) is 6.87. The molecule has 1 N–H and O–H groups in total. The van der Waals surface area contributed by atoms with Crippen molar-refractivity contribution in [2.45, 2.75) is 32.9 Å². The molecule has 0 aliphatic carbocycles. The van der Waals surface area contributed by atoms with Crippen molar-refractivity contribution >= 4 is 43.5 Å². The van der Waals surface area contributed by atoms with Gasteiger partial charge in [-0.25, -0.2) is 0 Å². The highest BCUT2D eigenvalue weighted by Crippen LogP contribution is 2.33. The van der Waals surface area contributed by atoms with Crippen LogP contribution in [0.25, 0.3) is 0 Å². The van der Waals surface area contributed by atoms with Crippen LogP contribution in [0.2, 0.25) is 5.02 Å². The summed E-state index contributed by atoms with van der Waals surface area (Å²) in [6.45, 7) is 7.20. The maximum atomic E-state index is 6.25. The summed E-state index contributed by atoms with van der Waals surface area (Å²) >= 11 is 13.3. The van der Waals surface area contributed by atoms with Gasteiger partial charge < -0.3 is 5.32 Å². The fourth-order valence-electron chi connectivity index (χ4n) is 2.30. The largest absolute Gasteiger partial charge is 0.305 e. The third kappa shape index (κ3) is 3.70. The second-order valence-corrected chi connectivity index (χ2v) is 7.20. The van der Waals surface area contributed by atoms with Crippen molar-refractivity contribution in [3.8, 4) is 0 Å². The smallest absolute Gasteiger partial charge is 0.0760 e. The molecule has 0 radical (unpaired) electrons. The predicted molar refractivity (Wildman–Crippen MR) is 95.0 cm³/mol. The molecule has 0 aliphatic heterocycles. The molecule has 1 aromatic carbocycles. The van der Waals surface area contributed by atoms with E-state index in [4.69, 9.17) is 11.6 Å². The third-order valence-corrected chi connectivity index (χ3v) is 5.08. The maximum absolute atomic E-state index is 6.25. The zero-order valence-corrected chi connectivity index (χ0v) is 16.1. The molecule has 0 aliphatic rings. The first-order chi connectivity index (χ1) is 9.95. The highest BCUT2D eigenvalue weighted by molar-refractivity contribution is 9.10. The minimum atomic E-state index is 0.0416. The average Bonchev–Trinajstić information content (AvgIpc) is 2.81. The quantitative estimate of drug-likeness (QED) is 0.687. The van der Waals surface area contributed by atoms with Gasteiger partial charge in [0.25, 0.3) is 0 Å². The Bertz CT molecular complexity index is 625. The van der Waals surface area contributed by atoms with Crippen LogP contribution in [0.4, 0.5) is 0 Å². The van der Waals surface area contributed by atoms with Crippen molar-refractivity contribution in [3.63, 3.8) is 0 Å². The van der Waals surface area contributed by atoms with Gasteiger partial charge in [-0.05, 0) is 69.9 Å². The molecule has 114 valence electrons. The first-order valence-corrected chi connectivity index (χ1v) is 8.83. The SMILES string of the molecule is CCNC(c1ccc(Br)c(Cl)c1)c1c(Br)cnn1C(C)C. The van der Waals surface area contributed by atoms with Crippen molar-refractivity contribution < 1.29 is 0 Å². The molecule has 1 aromatic heterocycles. The molecule has 0 spiro atoms. The fourth-order valence-corrected chi connectivity index (χ4v) is 3.24. The van der Waals surface area contributed by atoms with E-state index in [9.17, 15) is 0 Å². The highest BCUT2D eigenvalue weighted by atomic mass is 79.9. The third-order valence-electron chi connectivity index (χ3n) is 3.23. The molecule has 1 atom stereocenters. The summed E-state index contributed by atoms with van der Waals surface area (Å²) in [4.78, 5) is 0. The predicted octanol–water partition coefficient (Wildman–Crippen LogP) is 5.34. The Balaban J connectivity index is 2.53. The van der Waals surface area contributed by atoms with E-state index in [1.807, 2.05) is 23.0 Å². The van der Waals surface area contributed by atoms with Gasteiger partial charge in [-0.15, -0.1) is 0 Å². The van der Waals surface area contributed by atoms with E-state index in [1.165, 1.54) is 0 Å². The van der Waals surface area contributed by atoms with Gasteiger partial charge in [-0.3, -0.25) is 4.68 Å². The normalized spacial score (nSPS) is 12.9. The number of hydrogen-bond donors (Lipinski definition) is 1. The second kappa shape index (κ2) is 7.27. The van der Waals surface area contributed by atoms with Crippen LogP contribution in [0.1, 0.15) is 44.1 Å². The molecular formula is C15H18Br2ClN3. The lowest BCUT2D eigenvalue weighted by Gasteiger charge is -2.22. The van der Waals surface area contributed by atoms with E-state index in [-0.39, 0.29) is 6.04 Å². The summed E-state index contributed by atoms with van der Waals surface area (Å²) in [5.41, 5.74) is 2.23. The van der Waals surface area contributed by atoms with Crippen LogP contribution >= 0.6 is 43.5 Å². The Morgan fingerprint density at radius 3 is 2.57 bits per heavy atom. The summed E-state index contributed by atoms with van der Waals surface area (Å²) in [5.74, 6) is 0. The van der Waals surface area contributed by atoms with E-state index in [0.29, 0.717) is 11.1 Å². The Hall–Kier alpha value is -0.360. The van der Waals surface area contributed by atoms with Gasteiger partial charge in [-0.2, -0.15) is 5.10 Å². The molecule has 0 saturated heterocycles. The summed E-state index contributed by atoms with van der Waals surface area (Å²) in [5, 5.41) is 8.70. The van der Waals surface area contributed by atoms with Crippen molar-refractivity contribution in [3.05, 3.63) is 49.6 Å². The van der Waals surface area contributed by atoms with Crippen molar-refractivity contribution in [1.82, 2.24) is 15.1 Å². The molecule has 0 fully saturated rings. The Morgan fingerprint density at radius 2 is 2.00 bits per heavy atom. The van der Waals surface area contributed by atoms with E-state index >= 15 is 0 Å². The molecule has 2 rings (SSSR count).